The van der Waals surface area contributed by atoms with E-state index in [0.717, 1.165) is 0 Å². The van der Waals surface area contributed by atoms with E-state index in [4.69, 9.17) is 14.2 Å². The van der Waals surface area contributed by atoms with Gasteiger partial charge in [0.25, 0.3) is 0 Å². The van der Waals surface area contributed by atoms with Crippen molar-refractivity contribution < 1.29 is 19.0 Å². The Morgan fingerprint density at radius 2 is 1.81 bits per heavy atom. The quantitative estimate of drug-likeness (QED) is 0.673. The van der Waals surface area contributed by atoms with Crippen LogP contribution in [-0.2, 0) is 19.0 Å². The zero-order valence-electron chi connectivity index (χ0n) is 9.66. The molecule has 4 nitrogen and oxygen atoms in total. The smallest absolute Gasteiger partial charge is 0.317 e. The van der Waals surface area contributed by atoms with Crippen LogP contribution in [0.15, 0.2) is 0 Å². The van der Waals surface area contributed by atoms with E-state index in [-0.39, 0.29) is 11.4 Å². The Kier molecular flexibility index (Phi) is 2.27. The van der Waals surface area contributed by atoms with E-state index in [2.05, 4.69) is 0 Å². The Bertz CT molecular complexity index is 300. The van der Waals surface area contributed by atoms with Crippen LogP contribution in [-0.4, -0.2) is 39.5 Å². The van der Waals surface area contributed by atoms with Gasteiger partial charge in [-0.3, -0.25) is 4.79 Å². The van der Waals surface area contributed by atoms with Crippen molar-refractivity contribution in [1.82, 2.24) is 0 Å². The van der Waals surface area contributed by atoms with E-state index in [1.807, 2.05) is 0 Å². The molecule has 3 fully saturated rings. The Labute approximate surface area is 95.2 Å². The van der Waals surface area contributed by atoms with Crippen LogP contribution < -0.4 is 0 Å². The molecule has 0 spiro atoms. The number of ether oxygens (including phenoxy) is 3. The first-order valence-electron chi connectivity index (χ1n) is 5.99. The summed E-state index contributed by atoms with van der Waals surface area (Å²) in [6, 6.07) is 0. The largest absolute Gasteiger partial charge is 0.468 e. The summed E-state index contributed by atoms with van der Waals surface area (Å²) in [7, 11) is 1.47. The van der Waals surface area contributed by atoms with Crippen molar-refractivity contribution in [2.75, 3.05) is 33.5 Å². The summed E-state index contributed by atoms with van der Waals surface area (Å²) in [4.78, 5) is 12.0. The molecule has 2 heterocycles. The molecule has 16 heavy (non-hydrogen) atoms. The lowest BCUT2D eigenvalue weighted by molar-refractivity contribution is -0.293. The third-order valence-electron chi connectivity index (χ3n) is 4.83. The van der Waals surface area contributed by atoms with Crippen LogP contribution in [0.4, 0.5) is 0 Å². The number of hydrogen-bond acceptors (Lipinski definition) is 4. The highest BCUT2D eigenvalue weighted by Gasteiger charge is 2.68. The van der Waals surface area contributed by atoms with Gasteiger partial charge in [-0.05, 0) is 18.8 Å². The summed E-state index contributed by atoms with van der Waals surface area (Å²) >= 11 is 0. The number of hydrogen-bond donors (Lipinski definition) is 0. The highest BCUT2D eigenvalue weighted by molar-refractivity contribution is 5.79. The topological polar surface area (TPSA) is 44.8 Å². The molecular weight excluding hydrogens is 208 g/mol. The van der Waals surface area contributed by atoms with Gasteiger partial charge in [-0.15, -0.1) is 0 Å². The highest BCUT2D eigenvalue weighted by atomic mass is 16.6. The van der Waals surface area contributed by atoms with Crippen LogP contribution in [0.1, 0.15) is 19.3 Å². The maximum atomic E-state index is 12.0. The van der Waals surface area contributed by atoms with Crippen LogP contribution in [0.5, 0.6) is 0 Å². The number of esters is 1. The number of carbonyl (C=O) groups excluding carboxylic acids is 1. The molecule has 2 aliphatic heterocycles. The fourth-order valence-corrected chi connectivity index (χ4v) is 3.30. The van der Waals surface area contributed by atoms with Crippen LogP contribution in [0.3, 0.4) is 0 Å². The molecule has 0 bridgehead atoms. The van der Waals surface area contributed by atoms with Crippen molar-refractivity contribution in [3.05, 3.63) is 0 Å². The molecule has 3 rings (SSSR count). The molecule has 3 aliphatic rings. The summed E-state index contributed by atoms with van der Waals surface area (Å²) in [5.74, 6) is 0.526. The molecular formula is C12H18O4. The highest BCUT2D eigenvalue weighted by Crippen LogP contribution is 2.59. The third-order valence-corrected chi connectivity index (χ3v) is 4.83. The van der Waals surface area contributed by atoms with E-state index in [1.54, 1.807) is 0 Å². The second-order valence-corrected chi connectivity index (χ2v) is 5.34. The molecule has 0 radical (unpaired) electrons. The molecule has 0 aromatic carbocycles. The lowest BCUT2D eigenvalue weighted by atomic mass is 9.50. The third kappa shape index (κ3) is 1.04. The Hall–Kier alpha value is -0.610. The first-order valence-corrected chi connectivity index (χ1v) is 5.99. The summed E-state index contributed by atoms with van der Waals surface area (Å²) in [6.45, 7) is 2.44. The van der Waals surface area contributed by atoms with Gasteiger partial charge < -0.3 is 14.2 Å². The number of rotatable bonds is 3. The molecule has 0 unspecified atom stereocenters. The minimum atomic E-state index is -0.412. The van der Waals surface area contributed by atoms with Gasteiger partial charge >= 0.3 is 5.97 Å². The average molecular weight is 226 g/mol. The maximum absolute atomic E-state index is 12.0. The predicted octanol–water partition coefficient (Wildman–Crippen LogP) is 0.993. The fourth-order valence-electron chi connectivity index (χ4n) is 3.30. The van der Waals surface area contributed by atoms with Crippen LogP contribution in [0.25, 0.3) is 0 Å². The second-order valence-electron chi connectivity index (χ2n) is 5.34. The Balaban J connectivity index is 1.89. The van der Waals surface area contributed by atoms with E-state index in [0.29, 0.717) is 32.3 Å². The first kappa shape index (κ1) is 10.5. The molecule has 4 heteroatoms. The van der Waals surface area contributed by atoms with E-state index in [9.17, 15) is 4.79 Å². The Morgan fingerprint density at radius 1 is 1.19 bits per heavy atom. The van der Waals surface area contributed by atoms with Gasteiger partial charge in [0.15, 0.2) is 0 Å². The van der Waals surface area contributed by atoms with E-state index >= 15 is 0 Å². The average Bonchev–Trinajstić information content (AvgIpc) is 2.08. The molecule has 0 aromatic rings. The Morgan fingerprint density at radius 3 is 2.06 bits per heavy atom. The van der Waals surface area contributed by atoms with Crippen molar-refractivity contribution in [2.24, 2.45) is 16.7 Å². The molecule has 2 saturated heterocycles. The molecule has 1 saturated carbocycles. The van der Waals surface area contributed by atoms with Gasteiger partial charge in [0.2, 0.25) is 0 Å². The number of methoxy groups -OCH3 is 1. The molecule has 90 valence electrons. The fraction of sp³-hybridized carbons (Fsp3) is 0.917. The molecule has 0 atom stereocenters. The minimum absolute atomic E-state index is 0.0105. The monoisotopic (exact) mass is 226 g/mol. The van der Waals surface area contributed by atoms with E-state index < -0.39 is 5.41 Å². The van der Waals surface area contributed by atoms with Crippen molar-refractivity contribution in [3.63, 3.8) is 0 Å². The van der Waals surface area contributed by atoms with Gasteiger partial charge in [-0.2, -0.15) is 0 Å². The lowest BCUT2D eigenvalue weighted by Gasteiger charge is -2.62. The van der Waals surface area contributed by atoms with Gasteiger partial charge in [-0.1, -0.05) is 6.42 Å². The molecule has 0 amide bonds. The van der Waals surface area contributed by atoms with Gasteiger partial charge in [0.05, 0.1) is 33.5 Å². The van der Waals surface area contributed by atoms with Crippen molar-refractivity contribution in [1.29, 1.82) is 0 Å². The van der Waals surface area contributed by atoms with Crippen molar-refractivity contribution in [3.8, 4) is 0 Å². The SMILES string of the molecule is COC(=O)C1(C2(C3CCC3)COC2)COC1. The zero-order valence-corrected chi connectivity index (χ0v) is 9.66. The lowest BCUT2D eigenvalue weighted by Crippen LogP contribution is -2.71. The van der Waals surface area contributed by atoms with Crippen LogP contribution in [0, 0.1) is 16.7 Å². The van der Waals surface area contributed by atoms with Gasteiger partial charge in [-0.25, -0.2) is 0 Å². The van der Waals surface area contributed by atoms with Gasteiger partial charge in [0, 0.05) is 5.41 Å². The minimum Gasteiger partial charge on any atom is -0.468 e. The number of carbonyl (C=O) groups is 1. The normalized spacial score (nSPS) is 30.8. The predicted molar refractivity (Wildman–Crippen MR) is 55.9 cm³/mol. The first-order chi connectivity index (χ1) is 7.75. The van der Waals surface area contributed by atoms with Crippen molar-refractivity contribution in [2.45, 2.75) is 19.3 Å². The van der Waals surface area contributed by atoms with Crippen LogP contribution in [0.2, 0.25) is 0 Å². The summed E-state index contributed by atoms with van der Waals surface area (Å²) in [5, 5.41) is 0. The van der Waals surface area contributed by atoms with Crippen LogP contribution >= 0.6 is 0 Å². The summed E-state index contributed by atoms with van der Waals surface area (Å²) in [5.41, 5.74) is -0.401. The second kappa shape index (κ2) is 3.44. The molecule has 0 aromatic heterocycles. The maximum Gasteiger partial charge on any atom is 0.317 e. The molecule has 0 N–H and O–H groups in total. The summed E-state index contributed by atoms with van der Waals surface area (Å²) < 4.78 is 15.7. The summed E-state index contributed by atoms with van der Waals surface area (Å²) in [6.07, 6.45) is 3.73. The zero-order chi connectivity index (χ0) is 11.2. The molecule has 1 aliphatic carbocycles. The van der Waals surface area contributed by atoms with E-state index in [1.165, 1.54) is 26.4 Å². The standard InChI is InChI=1S/C12H18O4/c1-14-10(13)12(7-16-8-12)11(5-15-6-11)9-3-2-4-9/h9H,2-8H2,1H3. The van der Waals surface area contributed by atoms with Gasteiger partial charge in [0.1, 0.15) is 5.41 Å². The van der Waals surface area contributed by atoms with Crippen molar-refractivity contribution >= 4 is 5.97 Å².